The maximum absolute atomic E-state index is 12.4. The molecule has 0 radical (unpaired) electrons. The van der Waals surface area contributed by atoms with Gasteiger partial charge in [0.2, 0.25) is 17.7 Å². The first-order chi connectivity index (χ1) is 11.9. The summed E-state index contributed by atoms with van der Waals surface area (Å²) in [6, 6.07) is 8.53. The van der Waals surface area contributed by atoms with Gasteiger partial charge in [-0.25, -0.2) is 0 Å². The van der Waals surface area contributed by atoms with Gasteiger partial charge in [0.15, 0.2) is 0 Å². The van der Waals surface area contributed by atoms with Gasteiger partial charge >= 0.3 is 0 Å². The van der Waals surface area contributed by atoms with E-state index in [1.165, 1.54) is 0 Å². The Kier molecular flexibility index (Phi) is 6.52. The number of hydrogen-bond acceptors (Lipinski definition) is 4. The highest BCUT2D eigenvalue weighted by Crippen LogP contribution is 2.15. The molecule has 136 valence electrons. The largest absolute Gasteiger partial charge is 0.346 e. The van der Waals surface area contributed by atoms with E-state index in [-0.39, 0.29) is 30.2 Å². The average Bonchev–Trinajstić information content (AvgIpc) is 2.93. The minimum Gasteiger partial charge on any atom is -0.346 e. The molecule has 1 aliphatic rings. The summed E-state index contributed by atoms with van der Waals surface area (Å²) in [5.74, 6) is -0.855. The molecule has 2 atom stereocenters. The van der Waals surface area contributed by atoms with E-state index < -0.39 is 12.1 Å². The molecule has 0 aliphatic carbocycles. The summed E-state index contributed by atoms with van der Waals surface area (Å²) >= 11 is 0. The van der Waals surface area contributed by atoms with Crippen LogP contribution in [0.3, 0.4) is 0 Å². The van der Waals surface area contributed by atoms with E-state index in [2.05, 4.69) is 10.6 Å². The van der Waals surface area contributed by atoms with Gasteiger partial charge in [0, 0.05) is 13.1 Å². The maximum atomic E-state index is 12.4. The average molecular weight is 346 g/mol. The Morgan fingerprint density at radius 1 is 1.28 bits per heavy atom. The highest BCUT2D eigenvalue weighted by Gasteiger charge is 2.32. The van der Waals surface area contributed by atoms with Crippen LogP contribution < -0.4 is 16.4 Å². The number of nitrogens with two attached hydrogens (primary N) is 1. The van der Waals surface area contributed by atoms with Gasteiger partial charge in [-0.3, -0.25) is 14.4 Å². The van der Waals surface area contributed by atoms with E-state index in [0.29, 0.717) is 19.5 Å². The number of amides is 3. The van der Waals surface area contributed by atoms with Crippen molar-refractivity contribution in [3.8, 4) is 0 Å². The van der Waals surface area contributed by atoms with Crippen molar-refractivity contribution < 1.29 is 14.4 Å². The lowest BCUT2D eigenvalue weighted by molar-refractivity contribution is -0.133. The lowest BCUT2D eigenvalue weighted by Gasteiger charge is -2.18. The molecule has 1 aromatic carbocycles. The normalized spacial score (nSPS) is 18.3. The zero-order chi connectivity index (χ0) is 18.4. The third kappa shape index (κ3) is 5.29. The first-order valence-corrected chi connectivity index (χ1v) is 8.54. The van der Waals surface area contributed by atoms with Gasteiger partial charge in [-0.05, 0) is 17.9 Å². The van der Waals surface area contributed by atoms with Crippen LogP contribution in [0, 0.1) is 5.92 Å². The lowest BCUT2D eigenvalue weighted by atomic mass is 10.1. The number of rotatable bonds is 7. The summed E-state index contributed by atoms with van der Waals surface area (Å²) in [6.45, 7) is 4.63. The molecule has 1 saturated heterocycles. The summed E-state index contributed by atoms with van der Waals surface area (Å²) < 4.78 is 0. The fourth-order valence-corrected chi connectivity index (χ4v) is 2.67. The molecule has 4 N–H and O–H groups in total. The SMILES string of the molecule is CC(C)[C@H](N)C(=O)NCC(=O)NC1CCN(Cc2ccccc2)C1=O. The first-order valence-electron chi connectivity index (χ1n) is 8.54. The molecular formula is C18H26N4O3. The number of likely N-dealkylation sites (tertiary alicyclic amines) is 1. The number of nitrogens with one attached hydrogen (secondary N) is 2. The van der Waals surface area contributed by atoms with Gasteiger partial charge < -0.3 is 21.3 Å². The van der Waals surface area contributed by atoms with Crippen molar-refractivity contribution in [1.82, 2.24) is 15.5 Å². The van der Waals surface area contributed by atoms with Crippen LogP contribution in [0.1, 0.15) is 25.8 Å². The summed E-state index contributed by atoms with van der Waals surface area (Å²) in [5.41, 5.74) is 6.77. The van der Waals surface area contributed by atoms with Gasteiger partial charge in [0.25, 0.3) is 0 Å². The van der Waals surface area contributed by atoms with Gasteiger partial charge in [-0.2, -0.15) is 0 Å². The summed E-state index contributed by atoms with van der Waals surface area (Å²) in [7, 11) is 0. The van der Waals surface area contributed by atoms with E-state index in [1.54, 1.807) is 4.90 Å². The van der Waals surface area contributed by atoms with Gasteiger partial charge in [0.1, 0.15) is 6.04 Å². The van der Waals surface area contributed by atoms with E-state index >= 15 is 0 Å². The number of hydrogen-bond donors (Lipinski definition) is 3. The Labute approximate surface area is 147 Å². The molecule has 7 heteroatoms. The van der Waals surface area contributed by atoms with Crippen LogP contribution in [-0.2, 0) is 20.9 Å². The first kappa shape index (κ1) is 18.9. The molecule has 1 unspecified atom stereocenters. The Morgan fingerprint density at radius 2 is 1.96 bits per heavy atom. The second kappa shape index (κ2) is 8.62. The smallest absolute Gasteiger partial charge is 0.245 e. The molecule has 3 amide bonds. The van der Waals surface area contributed by atoms with Crippen LogP contribution in [0.15, 0.2) is 30.3 Å². The van der Waals surface area contributed by atoms with Crippen molar-refractivity contribution >= 4 is 17.7 Å². The van der Waals surface area contributed by atoms with Crippen molar-refractivity contribution in [2.75, 3.05) is 13.1 Å². The van der Waals surface area contributed by atoms with E-state index in [9.17, 15) is 14.4 Å². The zero-order valence-corrected chi connectivity index (χ0v) is 14.7. The molecule has 0 saturated carbocycles. The Balaban J connectivity index is 1.78. The molecule has 1 aliphatic heterocycles. The van der Waals surface area contributed by atoms with Crippen LogP contribution in [-0.4, -0.2) is 47.8 Å². The predicted octanol–water partition coefficient (Wildman–Crippen LogP) is 0.00320. The molecule has 0 spiro atoms. The highest BCUT2D eigenvalue weighted by molar-refractivity contribution is 5.91. The molecule has 1 heterocycles. The monoisotopic (exact) mass is 346 g/mol. The third-order valence-electron chi connectivity index (χ3n) is 4.29. The topological polar surface area (TPSA) is 105 Å². The number of carbonyl (C=O) groups excluding carboxylic acids is 3. The third-order valence-corrected chi connectivity index (χ3v) is 4.29. The predicted molar refractivity (Wildman–Crippen MR) is 94.2 cm³/mol. The number of nitrogens with zero attached hydrogens (tertiary/aromatic N) is 1. The van der Waals surface area contributed by atoms with Crippen molar-refractivity contribution in [3.63, 3.8) is 0 Å². The fraction of sp³-hybridized carbons (Fsp3) is 0.500. The maximum Gasteiger partial charge on any atom is 0.245 e. The van der Waals surface area contributed by atoms with Crippen LogP contribution in [0.5, 0.6) is 0 Å². The molecule has 1 aromatic rings. The molecule has 0 bridgehead atoms. The summed E-state index contributed by atoms with van der Waals surface area (Å²) in [6.07, 6.45) is 0.566. The number of carbonyl (C=O) groups is 3. The van der Waals surface area contributed by atoms with Crippen molar-refractivity contribution in [1.29, 1.82) is 0 Å². The zero-order valence-electron chi connectivity index (χ0n) is 14.7. The fourth-order valence-electron chi connectivity index (χ4n) is 2.67. The van der Waals surface area contributed by atoms with E-state index in [4.69, 9.17) is 5.73 Å². The quantitative estimate of drug-likeness (QED) is 0.646. The van der Waals surface area contributed by atoms with Crippen molar-refractivity contribution in [2.45, 2.75) is 38.9 Å². The molecule has 1 fully saturated rings. The van der Waals surface area contributed by atoms with Gasteiger partial charge in [-0.15, -0.1) is 0 Å². The summed E-state index contributed by atoms with van der Waals surface area (Å²) in [4.78, 5) is 37.8. The molecule has 25 heavy (non-hydrogen) atoms. The van der Waals surface area contributed by atoms with Crippen LogP contribution in [0.4, 0.5) is 0 Å². The minimum atomic E-state index is -0.651. The van der Waals surface area contributed by atoms with Crippen LogP contribution >= 0.6 is 0 Å². The van der Waals surface area contributed by atoms with Gasteiger partial charge in [-0.1, -0.05) is 44.2 Å². The van der Waals surface area contributed by atoms with Crippen molar-refractivity contribution in [2.24, 2.45) is 11.7 Å². The van der Waals surface area contributed by atoms with Crippen molar-refractivity contribution in [3.05, 3.63) is 35.9 Å². The Hall–Kier alpha value is -2.41. The molecule has 0 aromatic heterocycles. The van der Waals surface area contributed by atoms with E-state index in [0.717, 1.165) is 5.56 Å². The lowest BCUT2D eigenvalue weighted by Crippen LogP contribution is -2.49. The minimum absolute atomic E-state index is 0.00832. The van der Waals surface area contributed by atoms with Crippen LogP contribution in [0.2, 0.25) is 0 Å². The molecule has 2 rings (SSSR count). The summed E-state index contributed by atoms with van der Waals surface area (Å²) in [5, 5.41) is 5.18. The molecule has 7 nitrogen and oxygen atoms in total. The second-order valence-corrected chi connectivity index (χ2v) is 6.64. The second-order valence-electron chi connectivity index (χ2n) is 6.64. The van der Waals surface area contributed by atoms with Gasteiger partial charge in [0.05, 0.1) is 12.6 Å². The Bertz CT molecular complexity index is 618. The molecular weight excluding hydrogens is 320 g/mol. The Morgan fingerprint density at radius 3 is 2.60 bits per heavy atom. The van der Waals surface area contributed by atoms with E-state index in [1.807, 2.05) is 44.2 Å². The highest BCUT2D eigenvalue weighted by atomic mass is 16.2. The van der Waals surface area contributed by atoms with Crippen LogP contribution in [0.25, 0.3) is 0 Å². The standard InChI is InChI=1S/C18H26N4O3/c1-12(2)16(19)17(24)20-10-15(23)21-14-8-9-22(18(14)25)11-13-6-4-3-5-7-13/h3-7,12,14,16H,8-11,19H2,1-2H3,(H,20,24)(H,21,23)/t14?,16-/m0/s1. The number of benzene rings is 1.